The van der Waals surface area contributed by atoms with Crippen LogP contribution in [0.1, 0.15) is 5.56 Å². The summed E-state index contributed by atoms with van der Waals surface area (Å²) in [5.41, 5.74) is 1.06. The molecule has 0 amide bonds. The molecule has 1 aromatic carbocycles. The van der Waals surface area contributed by atoms with Crippen molar-refractivity contribution in [2.45, 2.75) is 6.61 Å². The minimum Gasteiger partial charge on any atom is -0.478 e. The first-order valence-electron chi connectivity index (χ1n) is 4.40. The van der Waals surface area contributed by atoms with Gasteiger partial charge in [-0.1, -0.05) is 34.1 Å². The van der Waals surface area contributed by atoms with Crippen molar-refractivity contribution < 1.29 is 14.6 Å². The minimum atomic E-state index is -0.956. The van der Waals surface area contributed by atoms with Crippen LogP contribution in [0.25, 0.3) is 0 Å². The molecule has 15 heavy (non-hydrogen) atoms. The summed E-state index contributed by atoms with van der Waals surface area (Å²) in [5, 5.41) is 8.31. The van der Waals surface area contributed by atoms with Crippen molar-refractivity contribution in [3.05, 3.63) is 46.5 Å². The number of hydrogen-bond donors (Lipinski definition) is 1. The second kappa shape index (κ2) is 6.37. The monoisotopic (exact) mass is 270 g/mol. The molecule has 1 N–H and O–H groups in total. The molecule has 0 atom stereocenters. The molecule has 0 aliphatic rings. The van der Waals surface area contributed by atoms with E-state index in [4.69, 9.17) is 9.84 Å². The Hall–Kier alpha value is -1.13. The maximum Gasteiger partial charge on any atom is 0.328 e. The Bertz CT molecular complexity index is 343. The van der Waals surface area contributed by atoms with Crippen LogP contribution in [0.2, 0.25) is 0 Å². The van der Waals surface area contributed by atoms with Crippen LogP contribution < -0.4 is 0 Å². The van der Waals surface area contributed by atoms with Crippen LogP contribution in [0.4, 0.5) is 0 Å². The van der Waals surface area contributed by atoms with E-state index in [-0.39, 0.29) is 0 Å². The smallest absolute Gasteiger partial charge is 0.328 e. The first-order valence-corrected chi connectivity index (χ1v) is 5.19. The quantitative estimate of drug-likeness (QED) is 0.661. The van der Waals surface area contributed by atoms with Gasteiger partial charge in [0.2, 0.25) is 0 Å². The van der Waals surface area contributed by atoms with Crippen LogP contribution in [0, 0.1) is 0 Å². The molecule has 80 valence electrons. The Kier molecular flexibility index (Phi) is 5.07. The molecule has 0 heterocycles. The van der Waals surface area contributed by atoms with Gasteiger partial charge in [-0.25, -0.2) is 4.79 Å². The summed E-state index contributed by atoms with van der Waals surface area (Å²) in [6.07, 6.45) is 2.54. The molecule has 1 rings (SSSR count). The van der Waals surface area contributed by atoms with Gasteiger partial charge in [-0.3, -0.25) is 0 Å². The third-order valence-corrected chi connectivity index (χ3v) is 2.19. The molecule has 0 bridgehead atoms. The number of benzene rings is 1. The molecular formula is C11H11BrO3. The van der Waals surface area contributed by atoms with E-state index in [0.717, 1.165) is 16.1 Å². The number of halogens is 1. The third-order valence-electron chi connectivity index (χ3n) is 1.66. The first kappa shape index (κ1) is 11.9. The van der Waals surface area contributed by atoms with E-state index in [9.17, 15) is 4.79 Å². The van der Waals surface area contributed by atoms with Gasteiger partial charge >= 0.3 is 5.97 Å². The maximum atomic E-state index is 10.1. The molecule has 0 saturated heterocycles. The average molecular weight is 271 g/mol. The molecule has 3 nitrogen and oxygen atoms in total. The SMILES string of the molecule is O=C(O)/C=C/COCc1ccc(Br)cc1. The van der Waals surface area contributed by atoms with Crippen molar-refractivity contribution in [1.82, 2.24) is 0 Å². The highest BCUT2D eigenvalue weighted by Gasteiger charge is 1.92. The van der Waals surface area contributed by atoms with Crippen molar-refractivity contribution in [3.8, 4) is 0 Å². The van der Waals surface area contributed by atoms with Crippen molar-refractivity contribution in [1.29, 1.82) is 0 Å². The van der Waals surface area contributed by atoms with E-state index < -0.39 is 5.97 Å². The number of carbonyl (C=O) groups is 1. The molecule has 0 saturated carbocycles. The fraction of sp³-hybridized carbons (Fsp3) is 0.182. The van der Waals surface area contributed by atoms with Gasteiger partial charge in [-0.15, -0.1) is 0 Å². The van der Waals surface area contributed by atoms with Gasteiger partial charge in [0.15, 0.2) is 0 Å². The Morgan fingerprint density at radius 2 is 2.07 bits per heavy atom. The Balaban J connectivity index is 2.26. The number of ether oxygens (including phenoxy) is 1. The summed E-state index contributed by atoms with van der Waals surface area (Å²) >= 11 is 3.34. The van der Waals surface area contributed by atoms with Crippen molar-refractivity contribution in [2.24, 2.45) is 0 Å². The van der Waals surface area contributed by atoms with Gasteiger partial charge < -0.3 is 9.84 Å². The lowest BCUT2D eigenvalue weighted by atomic mass is 10.2. The lowest BCUT2D eigenvalue weighted by Gasteiger charge is -2.01. The van der Waals surface area contributed by atoms with E-state index >= 15 is 0 Å². The fourth-order valence-corrected chi connectivity index (χ4v) is 1.24. The molecule has 0 radical (unpaired) electrons. The van der Waals surface area contributed by atoms with E-state index in [1.165, 1.54) is 6.08 Å². The van der Waals surface area contributed by atoms with Crippen molar-refractivity contribution in [2.75, 3.05) is 6.61 Å². The molecule has 4 heteroatoms. The maximum absolute atomic E-state index is 10.1. The number of hydrogen-bond acceptors (Lipinski definition) is 2. The van der Waals surface area contributed by atoms with Crippen molar-refractivity contribution >= 4 is 21.9 Å². The Morgan fingerprint density at radius 1 is 1.40 bits per heavy atom. The van der Waals surface area contributed by atoms with Crippen LogP contribution in [-0.4, -0.2) is 17.7 Å². The van der Waals surface area contributed by atoms with Gasteiger partial charge in [0.25, 0.3) is 0 Å². The highest BCUT2D eigenvalue weighted by atomic mass is 79.9. The highest BCUT2D eigenvalue weighted by molar-refractivity contribution is 9.10. The fourth-order valence-electron chi connectivity index (χ4n) is 0.974. The van der Waals surface area contributed by atoms with E-state index in [1.807, 2.05) is 24.3 Å². The molecule has 0 unspecified atom stereocenters. The van der Waals surface area contributed by atoms with E-state index in [0.29, 0.717) is 13.2 Å². The predicted molar refractivity (Wildman–Crippen MR) is 60.6 cm³/mol. The summed E-state index contributed by atoms with van der Waals surface area (Å²) in [6.45, 7) is 0.791. The summed E-state index contributed by atoms with van der Waals surface area (Å²) in [7, 11) is 0. The molecule has 0 aliphatic carbocycles. The molecule has 0 aromatic heterocycles. The first-order chi connectivity index (χ1) is 7.18. The lowest BCUT2D eigenvalue weighted by molar-refractivity contribution is -0.131. The van der Waals surface area contributed by atoms with Crippen molar-refractivity contribution in [3.63, 3.8) is 0 Å². The number of rotatable bonds is 5. The number of carboxylic acid groups (broad SMARTS) is 1. The van der Waals surface area contributed by atoms with Gasteiger partial charge in [0.1, 0.15) is 0 Å². The standard InChI is InChI=1S/C11H11BrO3/c12-10-5-3-9(4-6-10)8-15-7-1-2-11(13)14/h1-6H,7-8H2,(H,13,14)/b2-1+. The van der Waals surface area contributed by atoms with Crippen LogP contribution in [0.5, 0.6) is 0 Å². The molecule has 0 spiro atoms. The average Bonchev–Trinajstić information content (AvgIpc) is 2.20. The summed E-state index contributed by atoms with van der Waals surface area (Å²) < 4.78 is 6.27. The van der Waals surface area contributed by atoms with Gasteiger partial charge in [0, 0.05) is 10.5 Å². The zero-order valence-corrected chi connectivity index (χ0v) is 9.61. The molecule has 0 aliphatic heterocycles. The normalized spacial score (nSPS) is 10.7. The molecular weight excluding hydrogens is 260 g/mol. The number of carboxylic acids is 1. The summed E-state index contributed by atoms with van der Waals surface area (Å²) in [5.74, 6) is -0.956. The predicted octanol–water partition coefficient (Wildman–Crippen LogP) is 2.61. The van der Waals surface area contributed by atoms with E-state index in [2.05, 4.69) is 15.9 Å². The van der Waals surface area contributed by atoms with Crippen LogP contribution >= 0.6 is 15.9 Å². The van der Waals surface area contributed by atoms with Gasteiger partial charge in [-0.2, -0.15) is 0 Å². The molecule has 1 aromatic rings. The molecule has 0 fully saturated rings. The van der Waals surface area contributed by atoms with Crippen LogP contribution in [0.15, 0.2) is 40.9 Å². The van der Waals surface area contributed by atoms with Crippen LogP contribution in [-0.2, 0) is 16.1 Å². The topological polar surface area (TPSA) is 46.5 Å². The highest BCUT2D eigenvalue weighted by Crippen LogP contribution is 2.10. The largest absolute Gasteiger partial charge is 0.478 e. The minimum absolute atomic E-state index is 0.308. The summed E-state index contributed by atoms with van der Waals surface area (Å²) in [6, 6.07) is 7.77. The third kappa shape index (κ3) is 5.34. The van der Waals surface area contributed by atoms with E-state index in [1.54, 1.807) is 0 Å². The Morgan fingerprint density at radius 3 is 2.67 bits per heavy atom. The van der Waals surface area contributed by atoms with Gasteiger partial charge in [0.05, 0.1) is 13.2 Å². The van der Waals surface area contributed by atoms with Gasteiger partial charge in [-0.05, 0) is 17.7 Å². The lowest BCUT2D eigenvalue weighted by Crippen LogP contribution is -1.94. The second-order valence-electron chi connectivity index (χ2n) is 2.88. The summed E-state index contributed by atoms with van der Waals surface area (Å²) in [4.78, 5) is 10.1. The zero-order chi connectivity index (χ0) is 11.1. The number of aliphatic carboxylic acids is 1. The van der Waals surface area contributed by atoms with Crippen LogP contribution in [0.3, 0.4) is 0 Å². The second-order valence-corrected chi connectivity index (χ2v) is 3.80. The Labute approximate surface area is 96.5 Å². The zero-order valence-electron chi connectivity index (χ0n) is 8.02.